The third-order valence-electron chi connectivity index (χ3n) is 2.54. The van der Waals surface area contributed by atoms with E-state index in [9.17, 15) is 5.11 Å². The van der Waals surface area contributed by atoms with Gasteiger partial charge in [0.15, 0.2) is 0 Å². The number of aliphatic hydroxyl groups excluding tert-OH is 1. The highest BCUT2D eigenvalue weighted by atomic mass is 32.2. The first-order chi connectivity index (χ1) is 8.04. The molecule has 0 bridgehead atoms. The molecule has 17 heavy (non-hydrogen) atoms. The molecule has 0 spiro atoms. The Hall–Kier alpha value is -1.18. The first-order valence-electron chi connectivity index (χ1n) is 5.46. The normalized spacial score (nSPS) is 11.0. The van der Waals surface area contributed by atoms with Gasteiger partial charge in [0.05, 0.1) is 11.3 Å². The minimum absolute atomic E-state index is 0.115. The fourth-order valence-corrected chi connectivity index (χ4v) is 1.93. The molecule has 2 N–H and O–H groups in total. The second-order valence-electron chi connectivity index (χ2n) is 4.67. The Kier molecular flexibility index (Phi) is 4.86. The summed E-state index contributed by atoms with van der Waals surface area (Å²) < 4.78 is 0. The van der Waals surface area contributed by atoms with Crippen LogP contribution in [0.2, 0.25) is 0 Å². The lowest BCUT2D eigenvalue weighted by atomic mass is 9.95. The van der Waals surface area contributed by atoms with E-state index in [1.165, 1.54) is 0 Å². The van der Waals surface area contributed by atoms with Crippen molar-refractivity contribution in [2.24, 2.45) is 5.41 Å². The largest absolute Gasteiger partial charge is 0.396 e. The molecule has 0 aliphatic heterocycles. The van der Waals surface area contributed by atoms with E-state index in [-0.39, 0.29) is 12.0 Å². The predicted octanol–water partition coefficient (Wildman–Crippen LogP) is 2.71. The number of thioether (sulfide) groups is 1. The monoisotopic (exact) mass is 250 g/mol. The van der Waals surface area contributed by atoms with Crippen LogP contribution in [0.15, 0.2) is 23.1 Å². The van der Waals surface area contributed by atoms with Gasteiger partial charge in [-0.05, 0) is 18.4 Å². The zero-order valence-electron chi connectivity index (χ0n) is 10.4. The molecule has 1 aromatic rings. The summed E-state index contributed by atoms with van der Waals surface area (Å²) in [5.41, 5.74) is 1.32. The molecule has 0 saturated carbocycles. The highest BCUT2D eigenvalue weighted by Gasteiger charge is 2.17. The van der Waals surface area contributed by atoms with Crippen LogP contribution in [0, 0.1) is 16.7 Å². The van der Waals surface area contributed by atoms with E-state index in [2.05, 4.69) is 11.4 Å². The number of nitrogens with zero attached hydrogens (tertiary/aromatic N) is 1. The lowest BCUT2D eigenvalue weighted by Crippen LogP contribution is -2.27. The Morgan fingerprint density at radius 2 is 2.18 bits per heavy atom. The molecule has 0 unspecified atom stereocenters. The van der Waals surface area contributed by atoms with Crippen LogP contribution in [-0.4, -0.2) is 24.5 Å². The Morgan fingerprint density at radius 3 is 2.71 bits per heavy atom. The van der Waals surface area contributed by atoms with E-state index in [0.29, 0.717) is 12.1 Å². The smallest absolute Gasteiger partial charge is 0.102 e. The van der Waals surface area contributed by atoms with Crippen LogP contribution in [-0.2, 0) is 0 Å². The van der Waals surface area contributed by atoms with E-state index >= 15 is 0 Å². The van der Waals surface area contributed by atoms with Gasteiger partial charge in [-0.1, -0.05) is 19.9 Å². The maximum atomic E-state index is 9.19. The van der Waals surface area contributed by atoms with E-state index < -0.39 is 0 Å². The Labute approximate surface area is 107 Å². The molecule has 0 heterocycles. The minimum atomic E-state index is -0.192. The van der Waals surface area contributed by atoms with Crippen molar-refractivity contribution in [1.82, 2.24) is 0 Å². The summed E-state index contributed by atoms with van der Waals surface area (Å²) in [6.45, 7) is 4.70. The van der Waals surface area contributed by atoms with Gasteiger partial charge in [0.25, 0.3) is 0 Å². The zero-order valence-corrected chi connectivity index (χ0v) is 11.3. The maximum Gasteiger partial charge on any atom is 0.102 e. The van der Waals surface area contributed by atoms with Gasteiger partial charge in [-0.3, -0.25) is 0 Å². The zero-order chi connectivity index (χ0) is 12.9. The number of benzene rings is 1. The summed E-state index contributed by atoms with van der Waals surface area (Å²) in [6, 6.07) is 7.99. The second-order valence-corrected chi connectivity index (χ2v) is 5.52. The standard InChI is InChI=1S/C13H18N2OS/c1-13(2,9-16)8-15-11-5-4-6-12(17-3)10(11)7-14/h4-6,15-16H,8-9H2,1-3H3. The van der Waals surface area contributed by atoms with Crippen LogP contribution in [0.3, 0.4) is 0 Å². The Balaban J connectivity index is 2.89. The van der Waals surface area contributed by atoms with Gasteiger partial charge in [0, 0.05) is 23.5 Å². The number of hydrogen-bond acceptors (Lipinski definition) is 4. The first kappa shape index (κ1) is 13.9. The third-order valence-corrected chi connectivity index (χ3v) is 3.32. The summed E-state index contributed by atoms with van der Waals surface area (Å²) in [5, 5.41) is 21.6. The van der Waals surface area contributed by atoms with Crippen LogP contribution < -0.4 is 5.32 Å². The Morgan fingerprint density at radius 1 is 1.47 bits per heavy atom. The molecular formula is C13H18N2OS. The molecule has 0 atom stereocenters. The molecule has 0 aromatic heterocycles. The topological polar surface area (TPSA) is 56.0 Å². The number of anilines is 1. The van der Waals surface area contributed by atoms with Gasteiger partial charge in [-0.25, -0.2) is 0 Å². The number of rotatable bonds is 5. The van der Waals surface area contributed by atoms with Gasteiger partial charge in [-0.2, -0.15) is 5.26 Å². The molecule has 0 radical (unpaired) electrons. The van der Waals surface area contributed by atoms with Crippen molar-refractivity contribution in [2.45, 2.75) is 18.7 Å². The van der Waals surface area contributed by atoms with Crippen LogP contribution in [0.5, 0.6) is 0 Å². The summed E-state index contributed by atoms with van der Waals surface area (Å²) in [4.78, 5) is 0.972. The SMILES string of the molecule is CSc1cccc(NCC(C)(C)CO)c1C#N. The molecule has 1 rings (SSSR count). The lowest BCUT2D eigenvalue weighted by Gasteiger charge is -2.23. The van der Waals surface area contributed by atoms with Crippen molar-refractivity contribution >= 4 is 17.4 Å². The second kappa shape index (κ2) is 5.95. The lowest BCUT2D eigenvalue weighted by molar-refractivity contribution is 0.171. The van der Waals surface area contributed by atoms with Gasteiger partial charge < -0.3 is 10.4 Å². The molecule has 0 aliphatic rings. The van der Waals surface area contributed by atoms with Crippen molar-refractivity contribution in [3.8, 4) is 6.07 Å². The molecule has 1 aromatic carbocycles. The Bertz CT molecular complexity index is 424. The maximum absolute atomic E-state index is 9.19. The van der Waals surface area contributed by atoms with Gasteiger partial charge in [0.1, 0.15) is 6.07 Å². The highest BCUT2D eigenvalue weighted by molar-refractivity contribution is 7.98. The molecule has 0 aliphatic carbocycles. The summed E-state index contributed by atoms with van der Waals surface area (Å²) in [7, 11) is 0. The summed E-state index contributed by atoms with van der Waals surface area (Å²) in [6.07, 6.45) is 1.96. The van der Waals surface area contributed by atoms with E-state index in [4.69, 9.17) is 5.26 Å². The van der Waals surface area contributed by atoms with Crippen molar-refractivity contribution < 1.29 is 5.11 Å². The van der Waals surface area contributed by atoms with Gasteiger partial charge in [-0.15, -0.1) is 11.8 Å². The van der Waals surface area contributed by atoms with E-state index in [1.54, 1.807) is 11.8 Å². The van der Waals surface area contributed by atoms with Crippen LogP contribution in [0.1, 0.15) is 19.4 Å². The molecule has 0 fully saturated rings. The van der Waals surface area contributed by atoms with Crippen LogP contribution in [0.25, 0.3) is 0 Å². The number of nitrogens with one attached hydrogen (secondary N) is 1. The number of nitriles is 1. The predicted molar refractivity (Wildman–Crippen MR) is 72.3 cm³/mol. The average Bonchev–Trinajstić information content (AvgIpc) is 2.35. The quantitative estimate of drug-likeness (QED) is 0.789. The third kappa shape index (κ3) is 3.65. The van der Waals surface area contributed by atoms with Gasteiger partial charge in [0.2, 0.25) is 0 Å². The van der Waals surface area contributed by atoms with Crippen molar-refractivity contribution in [3.05, 3.63) is 23.8 Å². The summed E-state index contributed by atoms with van der Waals surface area (Å²) in [5.74, 6) is 0. The van der Waals surface area contributed by atoms with Crippen LogP contribution in [0.4, 0.5) is 5.69 Å². The summed E-state index contributed by atoms with van der Waals surface area (Å²) >= 11 is 1.56. The van der Waals surface area contributed by atoms with Gasteiger partial charge >= 0.3 is 0 Å². The molecular weight excluding hydrogens is 232 g/mol. The van der Waals surface area contributed by atoms with Crippen LogP contribution >= 0.6 is 11.8 Å². The fraction of sp³-hybridized carbons (Fsp3) is 0.462. The highest BCUT2D eigenvalue weighted by Crippen LogP contribution is 2.27. The number of hydrogen-bond donors (Lipinski definition) is 2. The average molecular weight is 250 g/mol. The number of aliphatic hydroxyl groups is 1. The van der Waals surface area contributed by atoms with Crippen molar-refractivity contribution in [1.29, 1.82) is 5.26 Å². The fourth-order valence-electron chi connectivity index (χ4n) is 1.35. The molecule has 92 valence electrons. The van der Waals surface area contributed by atoms with E-state index in [1.807, 2.05) is 38.3 Å². The molecule has 4 heteroatoms. The molecule has 3 nitrogen and oxygen atoms in total. The molecule has 0 amide bonds. The van der Waals surface area contributed by atoms with Crippen molar-refractivity contribution in [2.75, 3.05) is 24.7 Å². The minimum Gasteiger partial charge on any atom is -0.396 e. The first-order valence-corrected chi connectivity index (χ1v) is 6.68. The van der Waals surface area contributed by atoms with E-state index in [0.717, 1.165) is 10.6 Å². The molecule has 0 saturated heterocycles. The van der Waals surface area contributed by atoms with Crippen molar-refractivity contribution in [3.63, 3.8) is 0 Å².